The van der Waals surface area contributed by atoms with Gasteiger partial charge in [0, 0.05) is 6.54 Å². The molecule has 0 radical (unpaired) electrons. The largest absolute Gasteiger partial charge is 0.490 e. The standard InChI is InChI=1S/C21H30N6OS.2C2HF3O2/c1-13(15-6-4-3-5-7-15)12-24-21(28)27-19(22)26-17-10-8-16(9-11-17)18-14(2)25-20(23)29-18;2*3-2(4,5)1(6)7/h8-11,13,15H,3-7,12H2,1-2H3,(H2,23,25)(H4,22,24,26,27,28);2*(H,6,7). The molecule has 1 heterocycles. The maximum Gasteiger partial charge on any atom is 0.490 e. The lowest BCUT2D eigenvalue weighted by molar-refractivity contribution is -0.193. The monoisotopic (exact) mass is 642 g/mol. The highest BCUT2D eigenvalue weighted by atomic mass is 32.1. The van der Waals surface area contributed by atoms with Crippen LogP contribution in [-0.2, 0) is 9.59 Å². The number of carbonyl (C=O) groups excluding carboxylic acids is 1. The van der Waals surface area contributed by atoms with E-state index in [1.54, 1.807) is 0 Å². The Bertz CT molecular complexity index is 1220. The third-order valence-electron chi connectivity index (χ3n) is 5.96. The van der Waals surface area contributed by atoms with Crippen molar-refractivity contribution in [1.82, 2.24) is 15.6 Å². The number of hydrogen-bond donors (Lipinski definition) is 6. The van der Waals surface area contributed by atoms with Crippen LogP contribution < -0.4 is 22.1 Å². The number of carboxylic acid groups (broad SMARTS) is 2. The van der Waals surface area contributed by atoms with Gasteiger partial charge in [-0.15, -0.1) is 0 Å². The zero-order chi connectivity index (χ0) is 33.0. The van der Waals surface area contributed by atoms with Crippen LogP contribution in [0.15, 0.2) is 29.3 Å². The molecule has 1 unspecified atom stereocenters. The van der Waals surface area contributed by atoms with Crippen LogP contribution in [0.25, 0.3) is 10.4 Å². The molecule has 2 amide bonds. The van der Waals surface area contributed by atoms with Gasteiger partial charge >= 0.3 is 30.3 Å². The van der Waals surface area contributed by atoms with E-state index >= 15 is 0 Å². The summed E-state index contributed by atoms with van der Waals surface area (Å²) in [7, 11) is 0. The molecule has 240 valence electrons. The van der Waals surface area contributed by atoms with Gasteiger partial charge in [0.15, 0.2) is 5.13 Å². The average molecular weight is 643 g/mol. The van der Waals surface area contributed by atoms with Gasteiger partial charge in [0.25, 0.3) is 0 Å². The summed E-state index contributed by atoms with van der Waals surface area (Å²) < 4.78 is 63.5. The fourth-order valence-electron chi connectivity index (χ4n) is 3.82. The Labute approximate surface area is 246 Å². The van der Waals surface area contributed by atoms with Crippen LogP contribution in [0, 0.1) is 18.8 Å². The first-order valence-electron chi connectivity index (χ1n) is 12.6. The summed E-state index contributed by atoms with van der Waals surface area (Å²) >= 11 is 1.45. The van der Waals surface area contributed by atoms with Crippen molar-refractivity contribution in [3.8, 4) is 10.4 Å². The quantitative estimate of drug-likeness (QED) is 0.141. The maximum atomic E-state index is 12.1. The molecule has 1 aliphatic rings. The minimum absolute atomic E-state index is 0.0683. The lowest BCUT2D eigenvalue weighted by Crippen LogP contribution is -2.45. The molecule has 0 spiro atoms. The molecule has 43 heavy (non-hydrogen) atoms. The number of aliphatic imine (C=N–C) groups is 1. The SMILES string of the molecule is Cc1nc(N)sc1-c1ccc(N=C(N)NC(=O)NCC(C)C2CCCCC2)cc1.O=C(O)C(F)(F)F.O=C(O)C(F)(F)F. The molecule has 3 rings (SSSR count). The van der Waals surface area contributed by atoms with Gasteiger partial charge in [-0.05, 0) is 36.5 Å². The van der Waals surface area contributed by atoms with E-state index in [4.69, 9.17) is 31.3 Å². The second-order valence-electron chi connectivity index (χ2n) is 9.33. The van der Waals surface area contributed by atoms with Crippen molar-refractivity contribution in [1.29, 1.82) is 0 Å². The predicted octanol–water partition coefficient (Wildman–Crippen LogP) is 5.43. The minimum Gasteiger partial charge on any atom is -0.475 e. The van der Waals surface area contributed by atoms with Gasteiger partial charge in [-0.1, -0.05) is 62.5 Å². The number of aryl methyl sites for hydroxylation is 1. The number of benzene rings is 1. The molecule has 0 aliphatic heterocycles. The Morgan fingerprint density at radius 1 is 1.02 bits per heavy atom. The van der Waals surface area contributed by atoms with Crippen LogP contribution >= 0.6 is 11.3 Å². The summed E-state index contributed by atoms with van der Waals surface area (Å²) in [6, 6.07) is 7.27. The zero-order valence-electron chi connectivity index (χ0n) is 23.1. The normalized spacial score (nSPS) is 14.7. The third kappa shape index (κ3) is 14.1. The second-order valence-corrected chi connectivity index (χ2v) is 10.4. The van der Waals surface area contributed by atoms with Crippen LogP contribution in [0.2, 0.25) is 0 Å². The molecule has 8 N–H and O–H groups in total. The summed E-state index contributed by atoms with van der Waals surface area (Å²) in [5.74, 6) is -4.28. The number of nitrogen functional groups attached to an aromatic ring is 1. The van der Waals surface area contributed by atoms with Crippen molar-refractivity contribution in [2.24, 2.45) is 22.6 Å². The molecule has 1 saturated carbocycles. The molecular weight excluding hydrogens is 610 g/mol. The molecule has 1 atom stereocenters. The van der Waals surface area contributed by atoms with Crippen molar-refractivity contribution >= 4 is 46.1 Å². The van der Waals surface area contributed by atoms with Gasteiger partial charge in [-0.3, -0.25) is 5.32 Å². The molecule has 11 nitrogen and oxygen atoms in total. The number of carboxylic acids is 2. The van der Waals surface area contributed by atoms with E-state index in [0.717, 1.165) is 16.1 Å². The summed E-state index contributed by atoms with van der Waals surface area (Å²) in [5, 5.41) is 20.3. The van der Waals surface area contributed by atoms with Crippen LogP contribution in [-0.4, -0.2) is 58.0 Å². The number of amides is 2. The number of halogens is 6. The van der Waals surface area contributed by atoms with Crippen molar-refractivity contribution in [2.75, 3.05) is 12.3 Å². The minimum atomic E-state index is -5.08. The van der Waals surface area contributed by atoms with Gasteiger partial charge in [-0.2, -0.15) is 26.3 Å². The number of anilines is 1. The molecule has 1 aliphatic carbocycles. The number of nitrogens with one attached hydrogen (secondary N) is 2. The smallest absolute Gasteiger partial charge is 0.475 e. The lowest BCUT2D eigenvalue weighted by Gasteiger charge is -2.27. The summed E-state index contributed by atoms with van der Waals surface area (Å²) in [5.41, 5.74) is 14.2. The van der Waals surface area contributed by atoms with Gasteiger partial charge in [0.2, 0.25) is 5.96 Å². The lowest BCUT2D eigenvalue weighted by atomic mass is 9.81. The number of carbonyl (C=O) groups is 3. The molecule has 2 aromatic rings. The van der Waals surface area contributed by atoms with Gasteiger partial charge in [0.1, 0.15) is 0 Å². The van der Waals surface area contributed by atoms with E-state index in [9.17, 15) is 31.1 Å². The first kappa shape index (κ1) is 36.9. The van der Waals surface area contributed by atoms with Crippen molar-refractivity contribution in [3.05, 3.63) is 30.0 Å². The van der Waals surface area contributed by atoms with E-state index < -0.39 is 24.3 Å². The highest BCUT2D eigenvalue weighted by molar-refractivity contribution is 7.18. The van der Waals surface area contributed by atoms with Gasteiger partial charge in [0.05, 0.1) is 16.3 Å². The molecule has 0 bridgehead atoms. The fourth-order valence-corrected chi connectivity index (χ4v) is 4.66. The van der Waals surface area contributed by atoms with Gasteiger partial charge in [-0.25, -0.2) is 24.4 Å². The Balaban J connectivity index is 0.000000548. The Morgan fingerprint density at radius 3 is 1.93 bits per heavy atom. The third-order valence-corrected chi connectivity index (χ3v) is 6.99. The van der Waals surface area contributed by atoms with Crippen LogP contribution in [0.1, 0.15) is 44.7 Å². The van der Waals surface area contributed by atoms with E-state index in [1.165, 1.54) is 43.4 Å². The van der Waals surface area contributed by atoms with Crippen molar-refractivity contribution in [3.63, 3.8) is 0 Å². The Hall–Kier alpha value is -4.09. The molecule has 18 heteroatoms. The molecule has 1 fully saturated rings. The summed E-state index contributed by atoms with van der Waals surface area (Å²) in [6.45, 7) is 4.79. The first-order chi connectivity index (χ1) is 19.8. The molecular formula is C25H32F6N6O5S. The van der Waals surface area contributed by atoms with E-state index in [0.29, 0.717) is 29.2 Å². The number of nitrogens with zero attached hydrogens (tertiary/aromatic N) is 2. The predicted molar refractivity (Wildman–Crippen MR) is 148 cm³/mol. The number of aromatic nitrogens is 1. The van der Waals surface area contributed by atoms with Crippen molar-refractivity contribution in [2.45, 2.75) is 58.3 Å². The van der Waals surface area contributed by atoms with Crippen LogP contribution in [0.3, 0.4) is 0 Å². The Morgan fingerprint density at radius 2 is 1.51 bits per heavy atom. The number of thiazole rings is 1. The summed E-state index contributed by atoms with van der Waals surface area (Å²) in [4.78, 5) is 39.4. The molecule has 1 aromatic carbocycles. The Kier molecular flexibility index (Phi) is 14.2. The average Bonchev–Trinajstić information content (AvgIpc) is 3.25. The number of alkyl halides is 6. The van der Waals surface area contributed by atoms with Crippen LogP contribution in [0.5, 0.6) is 0 Å². The highest BCUT2D eigenvalue weighted by Gasteiger charge is 2.38. The highest BCUT2D eigenvalue weighted by Crippen LogP contribution is 2.32. The van der Waals surface area contributed by atoms with Crippen LogP contribution in [0.4, 0.5) is 42.0 Å². The van der Waals surface area contributed by atoms with E-state index in [2.05, 4.69) is 27.5 Å². The number of urea groups is 1. The molecule has 1 aromatic heterocycles. The molecule has 0 saturated heterocycles. The van der Waals surface area contributed by atoms with Gasteiger partial charge < -0.3 is 27.0 Å². The number of rotatable bonds is 5. The number of aliphatic carboxylic acids is 2. The first-order valence-corrected chi connectivity index (χ1v) is 13.5. The second kappa shape index (κ2) is 16.5. The maximum absolute atomic E-state index is 12.1. The summed E-state index contributed by atoms with van der Waals surface area (Å²) in [6.07, 6.45) is -3.70. The van der Waals surface area contributed by atoms with E-state index in [-0.39, 0.29) is 12.0 Å². The number of hydrogen-bond acceptors (Lipinski definition) is 7. The number of nitrogens with two attached hydrogens (primary N) is 2. The fraction of sp³-hybridized carbons (Fsp3) is 0.480. The van der Waals surface area contributed by atoms with E-state index in [1.807, 2.05) is 31.2 Å². The zero-order valence-corrected chi connectivity index (χ0v) is 23.9. The topological polar surface area (TPSA) is 193 Å². The van der Waals surface area contributed by atoms with Crippen molar-refractivity contribution < 1.29 is 50.9 Å². The number of guanidine groups is 1.